The van der Waals surface area contributed by atoms with Gasteiger partial charge in [-0.3, -0.25) is 9.78 Å². The lowest BCUT2D eigenvalue weighted by atomic mass is 9.91. The van der Waals surface area contributed by atoms with Crippen LogP contribution < -0.4 is 0 Å². The van der Waals surface area contributed by atoms with Gasteiger partial charge in [-0.15, -0.1) is 0 Å². The van der Waals surface area contributed by atoms with Crippen molar-refractivity contribution in [3.05, 3.63) is 29.6 Å². The van der Waals surface area contributed by atoms with Crippen LogP contribution in [-0.2, 0) is 4.74 Å². The minimum absolute atomic E-state index is 0.0415. The van der Waals surface area contributed by atoms with Crippen molar-refractivity contribution in [2.45, 2.75) is 19.8 Å². The van der Waals surface area contributed by atoms with Crippen LogP contribution in [0.2, 0.25) is 0 Å². The molecule has 0 N–H and O–H groups in total. The van der Waals surface area contributed by atoms with Gasteiger partial charge >= 0.3 is 0 Å². The van der Waals surface area contributed by atoms with Crippen LogP contribution in [0.15, 0.2) is 18.5 Å². The predicted octanol–water partition coefficient (Wildman–Crippen LogP) is 2.00. The van der Waals surface area contributed by atoms with Crippen molar-refractivity contribution in [2.75, 3.05) is 13.2 Å². The number of Topliss-reactive ketones (excluding diaryl/α,β-unsaturated/α-hetero) is 1. The molecule has 2 heterocycles. The molecule has 80 valence electrons. The maximum absolute atomic E-state index is 12.1. The second-order valence-electron chi connectivity index (χ2n) is 3.97. The van der Waals surface area contributed by atoms with Crippen molar-refractivity contribution in [1.29, 1.82) is 0 Å². The van der Waals surface area contributed by atoms with E-state index in [0.717, 1.165) is 30.6 Å². The number of ketones is 1. The Morgan fingerprint density at radius 3 is 3.13 bits per heavy atom. The number of carbonyl (C=O) groups excluding carboxylic acids is 1. The summed E-state index contributed by atoms with van der Waals surface area (Å²) in [6.45, 7) is 3.28. The van der Waals surface area contributed by atoms with E-state index >= 15 is 0 Å². The molecule has 0 aromatic carbocycles. The quantitative estimate of drug-likeness (QED) is 0.693. The fraction of sp³-hybridized carbons (Fsp3) is 0.500. The lowest BCUT2D eigenvalue weighted by molar-refractivity contribution is 0.0461. The average molecular weight is 205 g/mol. The third-order valence-corrected chi connectivity index (χ3v) is 2.82. The summed E-state index contributed by atoms with van der Waals surface area (Å²) in [7, 11) is 0. The molecular formula is C12H15NO2. The van der Waals surface area contributed by atoms with Crippen LogP contribution in [0.1, 0.15) is 28.8 Å². The van der Waals surface area contributed by atoms with Crippen LogP contribution in [0.5, 0.6) is 0 Å². The Morgan fingerprint density at radius 2 is 2.47 bits per heavy atom. The van der Waals surface area contributed by atoms with Crippen LogP contribution >= 0.6 is 0 Å². The van der Waals surface area contributed by atoms with Gasteiger partial charge in [-0.25, -0.2) is 0 Å². The maximum Gasteiger partial charge on any atom is 0.168 e. The maximum atomic E-state index is 12.1. The molecule has 0 bridgehead atoms. The Labute approximate surface area is 89.5 Å². The van der Waals surface area contributed by atoms with E-state index in [-0.39, 0.29) is 11.7 Å². The Kier molecular flexibility index (Phi) is 3.11. The van der Waals surface area contributed by atoms with Gasteiger partial charge in [-0.05, 0) is 31.4 Å². The molecule has 1 fully saturated rings. The highest BCUT2D eigenvalue weighted by atomic mass is 16.5. The summed E-state index contributed by atoms with van der Waals surface area (Å²) in [5.41, 5.74) is 1.74. The lowest BCUT2D eigenvalue weighted by Crippen LogP contribution is -2.25. The number of rotatable bonds is 2. The molecule has 1 atom stereocenters. The largest absolute Gasteiger partial charge is 0.381 e. The van der Waals surface area contributed by atoms with Crippen molar-refractivity contribution < 1.29 is 9.53 Å². The predicted molar refractivity (Wildman–Crippen MR) is 56.8 cm³/mol. The van der Waals surface area contributed by atoms with Crippen LogP contribution in [0, 0.1) is 12.8 Å². The summed E-state index contributed by atoms with van der Waals surface area (Å²) in [6, 6.07) is 1.80. The van der Waals surface area contributed by atoms with Gasteiger partial charge in [0.1, 0.15) is 0 Å². The van der Waals surface area contributed by atoms with Crippen molar-refractivity contribution >= 4 is 5.78 Å². The standard InChI is InChI=1S/C12H15NO2/c1-9-7-13-5-4-11(9)12(14)10-3-2-6-15-8-10/h4-5,7,10H,2-3,6,8H2,1H3. The Bertz CT molecular complexity index is 356. The number of pyridine rings is 1. The molecule has 0 spiro atoms. The smallest absolute Gasteiger partial charge is 0.168 e. The van der Waals surface area contributed by atoms with Crippen LogP contribution in [0.3, 0.4) is 0 Å². The van der Waals surface area contributed by atoms with E-state index in [1.165, 1.54) is 0 Å². The number of nitrogens with zero attached hydrogens (tertiary/aromatic N) is 1. The average Bonchev–Trinajstić information content (AvgIpc) is 2.30. The molecule has 0 amide bonds. The van der Waals surface area contributed by atoms with Crippen molar-refractivity contribution in [3.63, 3.8) is 0 Å². The minimum atomic E-state index is 0.0415. The van der Waals surface area contributed by atoms with E-state index in [9.17, 15) is 4.79 Å². The van der Waals surface area contributed by atoms with Crippen LogP contribution in [-0.4, -0.2) is 24.0 Å². The van der Waals surface area contributed by atoms with Crippen LogP contribution in [0.25, 0.3) is 0 Å². The van der Waals surface area contributed by atoms with Crippen molar-refractivity contribution in [2.24, 2.45) is 5.92 Å². The van der Waals surface area contributed by atoms with E-state index in [1.807, 2.05) is 6.92 Å². The van der Waals surface area contributed by atoms with Gasteiger partial charge in [-0.2, -0.15) is 0 Å². The molecule has 3 heteroatoms. The fourth-order valence-corrected chi connectivity index (χ4v) is 1.92. The first-order valence-corrected chi connectivity index (χ1v) is 5.31. The van der Waals surface area contributed by atoms with Gasteiger partial charge in [0, 0.05) is 30.5 Å². The van der Waals surface area contributed by atoms with E-state index in [0.29, 0.717) is 6.61 Å². The summed E-state index contributed by atoms with van der Waals surface area (Å²) in [5, 5.41) is 0. The van der Waals surface area contributed by atoms with E-state index in [1.54, 1.807) is 18.5 Å². The van der Waals surface area contributed by atoms with Crippen LogP contribution in [0.4, 0.5) is 0 Å². The molecule has 1 aliphatic heterocycles. The highest BCUT2D eigenvalue weighted by Gasteiger charge is 2.23. The number of aromatic nitrogens is 1. The summed E-state index contributed by atoms with van der Waals surface area (Å²) < 4.78 is 5.33. The summed E-state index contributed by atoms with van der Waals surface area (Å²) in [4.78, 5) is 16.1. The molecule has 0 radical (unpaired) electrons. The number of hydrogen-bond acceptors (Lipinski definition) is 3. The van der Waals surface area contributed by atoms with Crippen molar-refractivity contribution in [3.8, 4) is 0 Å². The van der Waals surface area contributed by atoms with Gasteiger partial charge in [-0.1, -0.05) is 0 Å². The molecular weight excluding hydrogens is 190 g/mol. The fourth-order valence-electron chi connectivity index (χ4n) is 1.92. The SMILES string of the molecule is Cc1cnccc1C(=O)C1CCCOC1. The lowest BCUT2D eigenvalue weighted by Gasteiger charge is -2.21. The molecule has 3 nitrogen and oxygen atoms in total. The van der Waals surface area contributed by atoms with Gasteiger partial charge in [0.15, 0.2) is 5.78 Å². The number of hydrogen-bond donors (Lipinski definition) is 0. The summed E-state index contributed by atoms with van der Waals surface area (Å²) in [6.07, 6.45) is 5.34. The second-order valence-corrected chi connectivity index (χ2v) is 3.97. The molecule has 0 aliphatic carbocycles. The number of ether oxygens (including phenoxy) is 1. The van der Waals surface area contributed by atoms with Gasteiger partial charge in [0.05, 0.1) is 6.61 Å². The zero-order valence-corrected chi connectivity index (χ0v) is 8.90. The monoisotopic (exact) mass is 205 g/mol. The molecule has 1 unspecified atom stereocenters. The molecule has 15 heavy (non-hydrogen) atoms. The Balaban J connectivity index is 2.16. The van der Waals surface area contributed by atoms with Gasteiger partial charge < -0.3 is 4.74 Å². The Hall–Kier alpha value is -1.22. The summed E-state index contributed by atoms with van der Waals surface area (Å²) in [5.74, 6) is 0.245. The zero-order valence-electron chi connectivity index (χ0n) is 8.90. The molecule has 1 aromatic heterocycles. The normalized spacial score (nSPS) is 21.3. The first-order chi connectivity index (χ1) is 7.29. The second kappa shape index (κ2) is 4.53. The first-order valence-electron chi connectivity index (χ1n) is 5.31. The van der Waals surface area contributed by atoms with Crippen molar-refractivity contribution in [1.82, 2.24) is 4.98 Å². The molecule has 0 saturated carbocycles. The zero-order chi connectivity index (χ0) is 10.7. The topological polar surface area (TPSA) is 39.2 Å². The van der Waals surface area contributed by atoms with E-state index in [4.69, 9.17) is 4.74 Å². The van der Waals surface area contributed by atoms with Gasteiger partial charge in [0.25, 0.3) is 0 Å². The Morgan fingerprint density at radius 1 is 1.60 bits per heavy atom. The van der Waals surface area contributed by atoms with E-state index < -0.39 is 0 Å². The third-order valence-electron chi connectivity index (χ3n) is 2.82. The van der Waals surface area contributed by atoms with E-state index in [2.05, 4.69) is 4.98 Å². The summed E-state index contributed by atoms with van der Waals surface area (Å²) >= 11 is 0. The molecule has 2 rings (SSSR count). The third kappa shape index (κ3) is 2.23. The number of carbonyl (C=O) groups is 1. The highest BCUT2D eigenvalue weighted by Crippen LogP contribution is 2.20. The minimum Gasteiger partial charge on any atom is -0.381 e. The first kappa shape index (κ1) is 10.3. The molecule has 1 saturated heterocycles. The highest BCUT2D eigenvalue weighted by molar-refractivity contribution is 5.99. The van der Waals surface area contributed by atoms with Gasteiger partial charge in [0.2, 0.25) is 0 Å². The number of aryl methyl sites for hydroxylation is 1. The molecule has 1 aromatic rings. The molecule has 1 aliphatic rings.